The molecular weight excluding hydrogens is 246 g/mol. The van der Waals surface area contributed by atoms with Crippen molar-refractivity contribution in [3.63, 3.8) is 0 Å². The summed E-state index contributed by atoms with van der Waals surface area (Å²) in [6.07, 6.45) is 0.525. The van der Waals surface area contributed by atoms with Crippen molar-refractivity contribution in [1.82, 2.24) is 4.90 Å². The minimum Gasteiger partial charge on any atom is -0.466 e. The molecule has 0 spiro atoms. The van der Waals surface area contributed by atoms with E-state index < -0.39 is 5.60 Å². The molecule has 0 aliphatic rings. The molecule has 0 N–H and O–H groups in total. The number of nitrogens with zero attached hydrogens (tertiary/aromatic N) is 1. The van der Waals surface area contributed by atoms with E-state index in [2.05, 4.69) is 0 Å². The van der Waals surface area contributed by atoms with Crippen LogP contribution in [0.2, 0.25) is 0 Å². The molecule has 0 saturated carbocycles. The summed E-state index contributed by atoms with van der Waals surface area (Å²) in [5.41, 5.74) is -0.494. The average Bonchev–Trinajstić information content (AvgIpc) is 2.29. The van der Waals surface area contributed by atoms with Gasteiger partial charge in [-0.15, -0.1) is 0 Å². The Kier molecular flexibility index (Phi) is 11.2. The smallest absolute Gasteiger partial charge is 0.410 e. The van der Waals surface area contributed by atoms with Gasteiger partial charge in [-0.2, -0.15) is 0 Å². The molecule has 0 aromatic carbocycles. The van der Waals surface area contributed by atoms with Crippen LogP contribution in [0.4, 0.5) is 4.79 Å². The minimum atomic E-state index is -0.494. The van der Waals surface area contributed by atoms with E-state index in [4.69, 9.17) is 9.47 Å². The van der Waals surface area contributed by atoms with Crippen LogP contribution in [-0.2, 0) is 14.3 Å². The van der Waals surface area contributed by atoms with Crippen molar-refractivity contribution >= 4 is 12.1 Å². The second-order valence-electron chi connectivity index (χ2n) is 4.81. The Labute approximate surface area is 117 Å². The molecule has 0 rings (SSSR count). The number of rotatable bonds is 5. The minimum absolute atomic E-state index is 0.231. The maximum absolute atomic E-state index is 11.5. The lowest BCUT2D eigenvalue weighted by molar-refractivity contribution is -0.143. The molecule has 0 aromatic rings. The Bertz CT molecular complexity index is 259. The van der Waals surface area contributed by atoms with Crippen LogP contribution in [0.15, 0.2) is 0 Å². The van der Waals surface area contributed by atoms with Crippen molar-refractivity contribution in [3.8, 4) is 0 Å². The summed E-state index contributed by atoms with van der Waals surface area (Å²) in [4.78, 5) is 24.1. The van der Waals surface area contributed by atoms with Crippen molar-refractivity contribution in [1.29, 1.82) is 0 Å². The van der Waals surface area contributed by atoms with Crippen molar-refractivity contribution in [2.75, 3.05) is 20.2 Å². The lowest BCUT2D eigenvalue weighted by Crippen LogP contribution is -2.34. The highest BCUT2D eigenvalue weighted by Crippen LogP contribution is 2.09. The zero-order valence-electron chi connectivity index (χ0n) is 13.4. The van der Waals surface area contributed by atoms with Gasteiger partial charge in [-0.25, -0.2) is 4.79 Å². The van der Waals surface area contributed by atoms with Gasteiger partial charge < -0.3 is 14.4 Å². The fourth-order valence-corrected chi connectivity index (χ4v) is 1.12. The zero-order chi connectivity index (χ0) is 15.5. The van der Waals surface area contributed by atoms with E-state index >= 15 is 0 Å². The third-order valence-corrected chi connectivity index (χ3v) is 1.88. The van der Waals surface area contributed by atoms with Gasteiger partial charge in [0.15, 0.2) is 0 Å². The summed E-state index contributed by atoms with van der Waals surface area (Å²) < 4.78 is 9.97. The number of ether oxygens (including phenoxy) is 2. The van der Waals surface area contributed by atoms with Crippen molar-refractivity contribution in [2.24, 2.45) is 0 Å². The number of hydrogen-bond acceptors (Lipinski definition) is 4. The van der Waals surface area contributed by atoms with Crippen LogP contribution < -0.4 is 0 Å². The highest BCUT2D eigenvalue weighted by atomic mass is 16.6. The molecule has 5 heteroatoms. The van der Waals surface area contributed by atoms with Crippen LogP contribution in [0.3, 0.4) is 0 Å². The van der Waals surface area contributed by atoms with E-state index in [0.29, 0.717) is 26.0 Å². The second-order valence-corrected chi connectivity index (χ2v) is 4.81. The number of hydrogen-bond donors (Lipinski definition) is 0. The van der Waals surface area contributed by atoms with Gasteiger partial charge in [0.05, 0.1) is 6.61 Å². The van der Waals surface area contributed by atoms with E-state index in [1.165, 1.54) is 4.90 Å². The molecular formula is C14H29NO4. The molecule has 0 aliphatic carbocycles. The molecule has 19 heavy (non-hydrogen) atoms. The highest BCUT2D eigenvalue weighted by Gasteiger charge is 2.19. The fourth-order valence-electron chi connectivity index (χ4n) is 1.12. The summed E-state index contributed by atoms with van der Waals surface area (Å²) in [6, 6.07) is 0. The molecule has 114 valence electrons. The molecule has 0 saturated heterocycles. The Morgan fingerprint density at radius 3 is 2.11 bits per heavy atom. The Morgan fingerprint density at radius 1 is 1.16 bits per heavy atom. The predicted octanol–water partition coefficient (Wildman–Crippen LogP) is 3.22. The number of amides is 1. The fraction of sp³-hybridized carbons (Fsp3) is 0.857. The molecule has 5 nitrogen and oxygen atoms in total. The molecule has 0 heterocycles. The Hall–Kier alpha value is -1.26. The molecule has 0 radical (unpaired) electrons. The molecule has 1 amide bonds. The van der Waals surface area contributed by atoms with Crippen LogP contribution in [0.1, 0.15) is 54.4 Å². The van der Waals surface area contributed by atoms with E-state index in [9.17, 15) is 9.59 Å². The van der Waals surface area contributed by atoms with Gasteiger partial charge in [0.25, 0.3) is 0 Å². The molecule has 0 aromatic heterocycles. The second kappa shape index (κ2) is 10.6. The number of esters is 1. The summed E-state index contributed by atoms with van der Waals surface area (Å²) in [6.45, 7) is 12.1. The summed E-state index contributed by atoms with van der Waals surface area (Å²) in [7, 11) is 1.65. The molecule has 0 atom stereocenters. The van der Waals surface area contributed by atoms with Gasteiger partial charge in [-0.3, -0.25) is 4.79 Å². The molecule has 0 bridgehead atoms. The van der Waals surface area contributed by atoms with E-state index in [0.717, 1.165) is 0 Å². The third-order valence-electron chi connectivity index (χ3n) is 1.88. The van der Waals surface area contributed by atoms with Gasteiger partial charge in [-0.1, -0.05) is 13.8 Å². The van der Waals surface area contributed by atoms with Crippen molar-refractivity contribution in [3.05, 3.63) is 0 Å². The van der Waals surface area contributed by atoms with Crippen molar-refractivity contribution in [2.45, 2.75) is 60.0 Å². The lowest BCUT2D eigenvalue weighted by atomic mass is 10.2. The van der Waals surface area contributed by atoms with Crippen LogP contribution in [0.25, 0.3) is 0 Å². The van der Waals surface area contributed by atoms with Crippen LogP contribution in [-0.4, -0.2) is 42.8 Å². The monoisotopic (exact) mass is 275 g/mol. The van der Waals surface area contributed by atoms with Gasteiger partial charge in [0.2, 0.25) is 0 Å². The van der Waals surface area contributed by atoms with E-state index in [-0.39, 0.29) is 12.1 Å². The van der Waals surface area contributed by atoms with Gasteiger partial charge in [0.1, 0.15) is 5.60 Å². The van der Waals surface area contributed by atoms with Gasteiger partial charge in [-0.05, 0) is 34.1 Å². The Morgan fingerprint density at radius 2 is 1.68 bits per heavy atom. The van der Waals surface area contributed by atoms with Crippen LogP contribution >= 0.6 is 0 Å². The van der Waals surface area contributed by atoms with Gasteiger partial charge >= 0.3 is 12.1 Å². The molecule has 0 fully saturated rings. The maximum Gasteiger partial charge on any atom is 0.410 e. The Balaban J connectivity index is 0. The first-order chi connectivity index (χ1) is 8.76. The zero-order valence-corrected chi connectivity index (χ0v) is 13.4. The van der Waals surface area contributed by atoms with Crippen LogP contribution in [0.5, 0.6) is 0 Å². The summed E-state index contributed by atoms with van der Waals surface area (Å²) in [5, 5.41) is 0. The largest absolute Gasteiger partial charge is 0.466 e. The van der Waals surface area contributed by atoms with Gasteiger partial charge in [0, 0.05) is 20.0 Å². The van der Waals surface area contributed by atoms with Crippen LogP contribution in [0, 0.1) is 0 Å². The van der Waals surface area contributed by atoms with E-state index in [1.54, 1.807) is 14.0 Å². The SMILES string of the molecule is CC.CCOC(=O)CCCN(C)C(=O)OC(C)(C)C. The van der Waals surface area contributed by atoms with E-state index in [1.807, 2.05) is 34.6 Å². The normalized spacial score (nSPS) is 10.1. The first-order valence-electron chi connectivity index (χ1n) is 6.86. The summed E-state index contributed by atoms with van der Waals surface area (Å²) in [5.74, 6) is -0.231. The third kappa shape index (κ3) is 13.0. The van der Waals surface area contributed by atoms with Crippen molar-refractivity contribution < 1.29 is 19.1 Å². The summed E-state index contributed by atoms with van der Waals surface area (Å²) >= 11 is 0. The number of carbonyl (C=O) groups is 2. The maximum atomic E-state index is 11.5. The average molecular weight is 275 g/mol. The molecule has 0 aliphatic heterocycles. The highest BCUT2D eigenvalue weighted by molar-refractivity contribution is 5.70. The quantitative estimate of drug-likeness (QED) is 0.723. The molecule has 0 unspecified atom stereocenters. The topological polar surface area (TPSA) is 55.8 Å². The lowest BCUT2D eigenvalue weighted by Gasteiger charge is -2.24. The first kappa shape index (κ1) is 20.1. The standard InChI is InChI=1S/C12H23NO4.C2H6/c1-6-16-10(14)8-7-9-13(5)11(15)17-12(2,3)4;1-2/h6-9H2,1-5H3;1-2H3. The first-order valence-corrected chi connectivity index (χ1v) is 6.86. The predicted molar refractivity (Wildman–Crippen MR) is 76.1 cm³/mol. The number of carbonyl (C=O) groups excluding carboxylic acids is 2.